The smallest absolute Gasteiger partial charge is 0.233 e. The van der Waals surface area contributed by atoms with Crippen LogP contribution in [0.1, 0.15) is 22.3 Å². The lowest BCUT2D eigenvalue weighted by atomic mass is 10.0. The molecule has 1 aromatic heterocycles. The summed E-state index contributed by atoms with van der Waals surface area (Å²) in [6.07, 6.45) is 0.304. The second kappa shape index (κ2) is 9.40. The fourth-order valence-electron chi connectivity index (χ4n) is 3.60. The minimum Gasteiger partial charge on any atom is -0.495 e. The number of fused-ring (bicyclic) bond motifs is 1. The molecule has 0 aliphatic rings. The minimum absolute atomic E-state index is 0.00547. The Morgan fingerprint density at radius 3 is 2.31 bits per heavy atom. The quantitative estimate of drug-likeness (QED) is 0.365. The van der Waals surface area contributed by atoms with Crippen LogP contribution in [-0.4, -0.2) is 25.1 Å². The third-order valence-electron chi connectivity index (χ3n) is 5.54. The highest BCUT2D eigenvalue weighted by Crippen LogP contribution is 2.40. The predicted octanol–water partition coefficient (Wildman–Crippen LogP) is 5.71. The maximum Gasteiger partial charge on any atom is 0.233 e. The van der Waals surface area contributed by atoms with E-state index in [1.807, 2.05) is 48.5 Å². The highest BCUT2D eigenvalue weighted by molar-refractivity contribution is 7.22. The molecule has 1 heterocycles. The van der Waals surface area contributed by atoms with Crippen molar-refractivity contribution in [2.45, 2.75) is 26.8 Å². The van der Waals surface area contributed by atoms with Crippen LogP contribution in [0, 0.1) is 13.8 Å². The zero-order valence-electron chi connectivity index (χ0n) is 18.7. The summed E-state index contributed by atoms with van der Waals surface area (Å²) < 4.78 is 11.9. The lowest BCUT2D eigenvalue weighted by Crippen LogP contribution is -2.31. The number of thiazole rings is 1. The van der Waals surface area contributed by atoms with Crippen molar-refractivity contribution in [2.24, 2.45) is 0 Å². The molecule has 4 aromatic rings. The van der Waals surface area contributed by atoms with Crippen molar-refractivity contribution in [1.29, 1.82) is 0 Å². The third-order valence-corrected chi connectivity index (χ3v) is 6.63. The Balaban J connectivity index is 1.75. The van der Waals surface area contributed by atoms with Crippen molar-refractivity contribution in [3.8, 4) is 11.5 Å². The summed E-state index contributed by atoms with van der Waals surface area (Å²) in [5, 5.41) is 0.625. The molecule has 1 amide bonds. The highest BCUT2D eigenvalue weighted by atomic mass is 32.1. The van der Waals surface area contributed by atoms with Gasteiger partial charge < -0.3 is 9.47 Å². The summed E-state index contributed by atoms with van der Waals surface area (Å²) in [4.78, 5) is 20.1. The topological polar surface area (TPSA) is 51.7 Å². The summed E-state index contributed by atoms with van der Waals surface area (Å²) in [6, 6.07) is 19.8. The van der Waals surface area contributed by atoms with E-state index in [1.54, 1.807) is 19.1 Å². The monoisotopic (exact) mass is 446 g/mol. The Kier molecular flexibility index (Phi) is 6.42. The zero-order chi connectivity index (χ0) is 22.7. The van der Waals surface area contributed by atoms with Crippen LogP contribution in [0.2, 0.25) is 0 Å². The van der Waals surface area contributed by atoms with Crippen molar-refractivity contribution in [2.75, 3.05) is 19.1 Å². The van der Waals surface area contributed by atoms with E-state index >= 15 is 0 Å². The number of rotatable bonds is 7. The molecular formula is C26H26N2O3S. The van der Waals surface area contributed by atoms with Crippen LogP contribution in [0.3, 0.4) is 0 Å². The van der Waals surface area contributed by atoms with Crippen LogP contribution >= 0.6 is 11.3 Å². The molecule has 3 aromatic carbocycles. The maximum absolute atomic E-state index is 13.5. The summed E-state index contributed by atoms with van der Waals surface area (Å²) in [5.74, 6) is 1.37. The average molecular weight is 447 g/mol. The number of hydrogen-bond donors (Lipinski definition) is 0. The van der Waals surface area contributed by atoms with Crippen molar-refractivity contribution in [3.63, 3.8) is 0 Å². The molecule has 0 radical (unpaired) electrons. The number of ether oxygens (including phenoxy) is 2. The molecule has 0 spiro atoms. The second-order valence-electron chi connectivity index (χ2n) is 7.71. The number of anilines is 1. The third kappa shape index (κ3) is 4.46. The van der Waals surface area contributed by atoms with E-state index in [2.05, 4.69) is 26.0 Å². The summed E-state index contributed by atoms with van der Waals surface area (Å²) in [5.41, 5.74) is 5.13. The molecule has 5 nitrogen and oxygen atoms in total. The molecule has 0 unspecified atom stereocenters. The molecule has 0 aliphatic carbocycles. The summed E-state index contributed by atoms with van der Waals surface area (Å²) in [6.45, 7) is 4.58. The molecule has 0 saturated heterocycles. The van der Waals surface area contributed by atoms with E-state index < -0.39 is 0 Å². The van der Waals surface area contributed by atoms with Crippen LogP contribution in [-0.2, 0) is 17.8 Å². The number of nitrogens with zero attached hydrogens (tertiary/aromatic N) is 2. The summed E-state index contributed by atoms with van der Waals surface area (Å²) in [7, 11) is 3.25. The fourth-order valence-corrected chi connectivity index (χ4v) is 4.69. The average Bonchev–Trinajstić information content (AvgIpc) is 3.25. The molecule has 32 heavy (non-hydrogen) atoms. The van der Waals surface area contributed by atoms with Gasteiger partial charge >= 0.3 is 0 Å². The molecule has 4 rings (SSSR count). The Morgan fingerprint density at radius 1 is 0.906 bits per heavy atom. The molecular weight excluding hydrogens is 420 g/mol. The van der Waals surface area contributed by atoms with Crippen molar-refractivity contribution < 1.29 is 14.3 Å². The van der Waals surface area contributed by atoms with Gasteiger partial charge in [0, 0.05) is 0 Å². The SMILES string of the molecule is COc1ccc(OC)c2sc(N(Cc3ccccc3)C(=O)Cc3ccc(C)c(C)c3)nc12. The molecule has 6 heteroatoms. The summed E-state index contributed by atoms with van der Waals surface area (Å²) >= 11 is 1.44. The largest absolute Gasteiger partial charge is 0.495 e. The Morgan fingerprint density at radius 2 is 1.62 bits per heavy atom. The molecule has 0 aliphatic heterocycles. The van der Waals surface area contributed by atoms with E-state index in [-0.39, 0.29) is 5.91 Å². The first-order valence-corrected chi connectivity index (χ1v) is 11.2. The van der Waals surface area contributed by atoms with Gasteiger partial charge in [0.05, 0.1) is 27.2 Å². The van der Waals surface area contributed by atoms with E-state index in [0.717, 1.165) is 15.8 Å². The van der Waals surface area contributed by atoms with Crippen LogP contribution in [0.4, 0.5) is 5.13 Å². The van der Waals surface area contributed by atoms with Gasteiger partial charge in [0.2, 0.25) is 5.91 Å². The van der Waals surface area contributed by atoms with E-state index in [4.69, 9.17) is 14.5 Å². The van der Waals surface area contributed by atoms with Crippen LogP contribution in [0.15, 0.2) is 60.7 Å². The van der Waals surface area contributed by atoms with Gasteiger partial charge in [-0.2, -0.15) is 0 Å². The number of aryl methyl sites for hydroxylation is 2. The molecule has 0 fully saturated rings. The number of amides is 1. The molecule has 164 valence electrons. The maximum atomic E-state index is 13.5. The Hall–Kier alpha value is -3.38. The molecule has 0 saturated carbocycles. The first-order chi connectivity index (χ1) is 15.5. The standard InChI is InChI=1S/C26H26N2O3S/c1-17-10-11-20(14-18(17)2)15-23(29)28(16-19-8-6-5-7-9-19)26-27-24-21(30-3)12-13-22(31-4)25(24)32-26/h5-14H,15-16H2,1-4H3. The van der Waals surface area contributed by atoms with Gasteiger partial charge in [-0.05, 0) is 48.2 Å². The number of carbonyl (C=O) groups is 1. The van der Waals surface area contributed by atoms with Gasteiger partial charge in [-0.25, -0.2) is 4.98 Å². The second-order valence-corrected chi connectivity index (χ2v) is 8.68. The zero-order valence-corrected chi connectivity index (χ0v) is 19.5. The Labute approximate surface area is 192 Å². The first-order valence-electron chi connectivity index (χ1n) is 10.4. The van der Waals surface area contributed by atoms with Crippen LogP contribution < -0.4 is 14.4 Å². The van der Waals surface area contributed by atoms with Gasteiger partial charge in [-0.15, -0.1) is 0 Å². The normalized spacial score (nSPS) is 10.9. The predicted molar refractivity (Wildman–Crippen MR) is 130 cm³/mol. The number of methoxy groups -OCH3 is 2. The van der Waals surface area contributed by atoms with Gasteiger partial charge in [-0.1, -0.05) is 59.9 Å². The minimum atomic E-state index is -0.00547. The van der Waals surface area contributed by atoms with Crippen molar-refractivity contribution in [1.82, 2.24) is 4.98 Å². The van der Waals surface area contributed by atoms with Gasteiger partial charge in [0.25, 0.3) is 0 Å². The lowest BCUT2D eigenvalue weighted by molar-refractivity contribution is -0.118. The van der Waals surface area contributed by atoms with Gasteiger partial charge in [0.15, 0.2) is 5.13 Å². The highest BCUT2D eigenvalue weighted by Gasteiger charge is 2.23. The van der Waals surface area contributed by atoms with Crippen LogP contribution in [0.5, 0.6) is 11.5 Å². The number of carbonyl (C=O) groups excluding carboxylic acids is 1. The van der Waals surface area contributed by atoms with Crippen molar-refractivity contribution in [3.05, 3.63) is 82.9 Å². The Bertz CT molecular complexity index is 1210. The lowest BCUT2D eigenvalue weighted by Gasteiger charge is -2.20. The van der Waals surface area contributed by atoms with Crippen LogP contribution in [0.25, 0.3) is 10.2 Å². The number of aromatic nitrogens is 1. The van der Waals surface area contributed by atoms with E-state index in [0.29, 0.717) is 35.1 Å². The molecule has 0 N–H and O–H groups in total. The molecule has 0 bridgehead atoms. The molecule has 0 atom stereocenters. The van der Waals surface area contributed by atoms with Gasteiger partial charge in [0.1, 0.15) is 21.7 Å². The van der Waals surface area contributed by atoms with Crippen molar-refractivity contribution >= 4 is 32.6 Å². The van der Waals surface area contributed by atoms with E-state index in [9.17, 15) is 4.79 Å². The number of benzene rings is 3. The van der Waals surface area contributed by atoms with E-state index in [1.165, 1.54) is 22.5 Å². The van der Waals surface area contributed by atoms with Gasteiger partial charge in [-0.3, -0.25) is 9.69 Å². The first kappa shape index (κ1) is 21.8. The number of hydrogen-bond acceptors (Lipinski definition) is 5. The fraction of sp³-hybridized carbons (Fsp3) is 0.231.